The molecule has 0 bridgehead atoms. The van der Waals surface area contributed by atoms with E-state index in [0.717, 1.165) is 44.8 Å². The molecule has 1 fully saturated rings. The van der Waals surface area contributed by atoms with Gasteiger partial charge >= 0.3 is 0 Å². The van der Waals surface area contributed by atoms with E-state index in [0.29, 0.717) is 6.42 Å². The number of carbonyl (C=O) groups is 1. The molecule has 0 N–H and O–H groups in total. The van der Waals surface area contributed by atoms with E-state index < -0.39 is 0 Å². The fourth-order valence-corrected chi connectivity index (χ4v) is 2.17. The van der Waals surface area contributed by atoms with Crippen molar-refractivity contribution in [3.63, 3.8) is 0 Å². The molecule has 0 aliphatic carbocycles. The van der Waals surface area contributed by atoms with Crippen LogP contribution in [0.15, 0.2) is 24.3 Å². The van der Waals surface area contributed by atoms with Crippen LogP contribution in [-0.2, 0) is 4.74 Å². The molecule has 1 aromatic carbocycles. The highest BCUT2D eigenvalue weighted by Gasteiger charge is 2.11. The number of rotatable bonds is 5. The zero-order valence-corrected chi connectivity index (χ0v) is 11.0. The molecule has 3 nitrogen and oxygen atoms in total. The maximum absolute atomic E-state index is 12.0. The van der Waals surface area contributed by atoms with Crippen LogP contribution in [0.25, 0.3) is 0 Å². The number of ketones is 1. The summed E-state index contributed by atoms with van der Waals surface area (Å²) >= 11 is 0. The molecule has 2 rings (SSSR count). The average Bonchev–Trinajstić information content (AvgIpc) is 2.40. The minimum absolute atomic E-state index is 0.253. The minimum Gasteiger partial charge on any atom is -0.379 e. The Balaban J connectivity index is 1.72. The van der Waals surface area contributed by atoms with Gasteiger partial charge in [-0.2, -0.15) is 0 Å². The molecule has 0 saturated carbocycles. The molecule has 1 aliphatic heterocycles. The van der Waals surface area contributed by atoms with Gasteiger partial charge in [0.1, 0.15) is 0 Å². The molecule has 1 heterocycles. The normalized spacial score (nSPS) is 16.7. The predicted molar refractivity (Wildman–Crippen MR) is 72.0 cm³/mol. The van der Waals surface area contributed by atoms with Crippen molar-refractivity contribution in [1.82, 2.24) is 4.90 Å². The molecule has 98 valence electrons. The van der Waals surface area contributed by atoms with Crippen LogP contribution in [0.1, 0.15) is 28.8 Å². The maximum Gasteiger partial charge on any atom is 0.162 e. The molecule has 1 aliphatic rings. The summed E-state index contributed by atoms with van der Waals surface area (Å²) in [4.78, 5) is 14.3. The Labute approximate surface area is 109 Å². The van der Waals surface area contributed by atoms with Crippen molar-refractivity contribution in [3.8, 4) is 0 Å². The summed E-state index contributed by atoms with van der Waals surface area (Å²) in [5.74, 6) is 0.253. The highest BCUT2D eigenvalue weighted by Crippen LogP contribution is 2.08. The monoisotopic (exact) mass is 247 g/mol. The Bertz CT molecular complexity index is 380. The van der Waals surface area contributed by atoms with Crippen molar-refractivity contribution in [1.29, 1.82) is 0 Å². The number of benzene rings is 1. The largest absolute Gasteiger partial charge is 0.379 e. The third-order valence-corrected chi connectivity index (χ3v) is 3.36. The lowest BCUT2D eigenvalue weighted by molar-refractivity contribution is 0.0371. The quantitative estimate of drug-likeness (QED) is 0.748. The molecule has 3 heteroatoms. The van der Waals surface area contributed by atoms with E-state index in [2.05, 4.69) is 4.90 Å². The summed E-state index contributed by atoms with van der Waals surface area (Å²) in [6.45, 7) is 6.68. The van der Waals surface area contributed by atoms with Crippen molar-refractivity contribution in [2.24, 2.45) is 0 Å². The summed E-state index contributed by atoms with van der Waals surface area (Å²) in [7, 11) is 0. The van der Waals surface area contributed by atoms with Gasteiger partial charge in [0, 0.05) is 25.1 Å². The fourth-order valence-electron chi connectivity index (χ4n) is 2.17. The lowest BCUT2D eigenvalue weighted by Gasteiger charge is -2.26. The Morgan fingerprint density at radius 1 is 1.22 bits per heavy atom. The van der Waals surface area contributed by atoms with Crippen LogP contribution >= 0.6 is 0 Å². The van der Waals surface area contributed by atoms with E-state index >= 15 is 0 Å². The number of hydrogen-bond acceptors (Lipinski definition) is 3. The summed E-state index contributed by atoms with van der Waals surface area (Å²) in [5.41, 5.74) is 2.03. The number of carbonyl (C=O) groups excluding carboxylic acids is 1. The first kappa shape index (κ1) is 13.2. The molecule has 18 heavy (non-hydrogen) atoms. The van der Waals surface area contributed by atoms with Crippen LogP contribution in [0.5, 0.6) is 0 Å². The number of hydrogen-bond donors (Lipinski definition) is 0. The molecule has 0 atom stereocenters. The van der Waals surface area contributed by atoms with Gasteiger partial charge in [-0.3, -0.25) is 9.69 Å². The number of aryl methyl sites for hydroxylation is 1. The summed E-state index contributed by atoms with van der Waals surface area (Å²) < 4.78 is 5.30. The third kappa shape index (κ3) is 3.93. The molecule has 1 saturated heterocycles. The van der Waals surface area contributed by atoms with Gasteiger partial charge in [-0.1, -0.05) is 29.8 Å². The molecular weight excluding hydrogens is 226 g/mol. The number of morpholine rings is 1. The molecule has 0 spiro atoms. The molecule has 0 aromatic heterocycles. The van der Waals surface area contributed by atoms with Crippen LogP contribution in [0.4, 0.5) is 0 Å². The molecule has 0 radical (unpaired) electrons. The van der Waals surface area contributed by atoms with E-state index in [-0.39, 0.29) is 5.78 Å². The lowest BCUT2D eigenvalue weighted by Crippen LogP contribution is -2.36. The Hall–Kier alpha value is -1.19. The minimum atomic E-state index is 0.253. The number of nitrogens with zero attached hydrogens (tertiary/aromatic N) is 1. The molecular formula is C15H21NO2. The Morgan fingerprint density at radius 2 is 1.89 bits per heavy atom. The highest BCUT2D eigenvalue weighted by molar-refractivity contribution is 5.96. The smallest absolute Gasteiger partial charge is 0.162 e. The predicted octanol–water partition coefficient (Wildman–Crippen LogP) is 2.29. The van der Waals surface area contributed by atoms with Gasteiger partial charge in [-0.05, 0) is 19.9 Å². The van der Waals surface area contributed by atoms with Gasteiger partial charge in [0.05, 0.1) is 13.2 Å². The highest BCUT2D eigenvalue weighted by atomic mass is 16.5. The van der Waals surface area contributed by atoms with E-state index in [4.69, 9.17) is 4.74 Å². The van der Waals surface area contributed by atoms with Crippen molar-refractivity contribution in [3.05, 3.63) is 35.4 Å². The van der Waals surface area contributed by atoms with Crippen LogP contribution < -0.4 is 0 Å². The Kier molecular flexibility index (Phi) is 4.90. The first-order valence-corrected chi connectivity index (χ1v) is 6.66. The van der Waals surface area contributed by atoms with Crippen molar-refractivity contribution < 1.29 is 9.53 Å². The third-order valence-electron chi connectivity index (χ3n) is 3.36. The van der Waals surface area contributed by atoms with Gasteiger partial charge < -0.3 is 4.74 Å². The van der Waals surface area contributed by atoms with Gasteiger partial charge in [0.25, 0.3) is 0 Å². The van der Waals surface area contributed by atoms with Gasteiger partial charge in [0.2, 0.25) is 0 Å². The van der Waals surface area contributed by atoms with Crippen molar-refractivity contribution in [2.75, 3.05) is 32.8 Å². The lowest BCUT2D eigenvalue weighted by atomic mass is 10.1. The zero-order valence-electron chi connectivity index (χ0n) is 11.0. The first-order valence-electron chi connectivity index (χ1n) is 6.66. The number of ether oxygens (including phenoxy) is 1. The molecule has 1 aromatic rings. The van der Waals surface area contributed by atoms with E-state index in [9.17, 15) is 4.79 Å². The summed E-state index contributed by atoms with van der Waals surface area (Å²) in [5, 5.41) is 0. The van der Waals surface area contributed by atoms with Crippen LogP contribution in [0.2, 0.25) is 0 Å². The van der Waals surface area contributed by atoms with E-state index in [1.54, 1.807) is 0 Å². The van der Waals surface area contributed by atoms with Gasteiger partial charge in [-0.25, -0.2) is 0 Å². The van der Waals surface area contributed by atoms with Gasteiger partial charge in [-0.15, -0.1) is 0 Å². The van der Waals surface area contributed by atoms with Crippen LogP contribution in [-0.4, -0.2) is 43.5 Å². The van der Waals surface area contributed by atoms with Crippen molar-refractivity contribution >= 4 is 5.78 Å². The topological polar surface area (TPSA) is 29.5 Å². The summed E-state index contributed by atoms with van der Waals surface area (Å²) in [6.07, 6.45) is 1.58. The molecule has 0 unspecified atom stereocenters. The van der Waals surface area contributed by atoms with E-state index in [1.165, 1.54) is 5.56 Å². The second-order valence-corrected chi connectivity index (χ2v) is 4.85. The second kappa shape index (κ2) is 6.66. The summed E-state index contributed by atoms with van der Waals surface area (Å²) in [6, 6.07) is 7.84. The second-order valence-electron chi connectivity index (χ2n) is 4.85. The first-order chi connectivity index (χ1) is 8.75. The number of Topliss-reactive ketones (excluding diaryl/α,β-unsaturated/α-hetero) is 1. The van der Waals surface area contributed by atoms with Crippen molar-refractivity contribution in [2.45, 2.75) is 19.8 Å². The molecule has 0 amide bonds. The van der Waals surface area contributed by atoms with Crippen LogP contribution in [0, 0.1) is 6.92 Å². The Morgan fingerprint density at radius 3 is 2.56 bits per heavy atom. The van der Waals surface area contributed by atoms with E-state index in [1.807, 2.05) is 31.2 Å². The van der Waals surface area contributed by atoms with Gasteiger partial charge in [0.15, 0.2) is 5.78 Å². The zero-order chi connectivity index (χ0) is 12.8. The fraction of sp³-hybridized carbons (Fsp3) is 0.533. The SMILES string of the molecule is Cc1ccc(C(=O)CCCN2CCOCC2)cc1. The van der Waals surface area contributed by atoms with Crippen LogP contribution in [0.3, 0.4) is 0 Å². The maximum atomic E-state index is 12.0. The standard InChI is InChI=1S/C15H21NO2/c1-13-4-6-14(7-5-13)15(17)3-2-8-16-9-11-18-12-10-16/h4-7H,2-3,8-12H2,1H3. The average molecular weight is 247 g/mol.